The van der Waals surface area contributed by atoms with Crippen molar-refractivity contribution in [1.82, 2.24) is 0 Å². The molecular formula is C35H74O3SiSn2. The molecule has 0 saturated carbocycles. The molecule has 0 spiro atoms. The van der Waals surface area contributed by atoms with Gasteiger partial charge in [-0.25, -0.2) is 0 Å². The molecule has 0 bridgehead atoms. The second-order valence-corrected chi connectivity index (χ2v) is 45.7. The van der Waals surface area contributed by atoms with Crippen molar-refractivity contribution in [1.29, 1.82) is 0 Å². The van der Waals surface area contributed by atoms with E-state index in [1.165, 1.54) is 107 Å². The van der Waals surface area contributed by atoms with Crippen molar-refractivity contribution in [3.63, 3.8) is 0 Å². The zero-order valence-electron chi connectivity index (χ0n) is 30.2. The van der Waals surface area contributed by atoms with Crippen LogP contribution in [-0.2, 0) is 14.0 Å². The van der Waals surface area contributed by atoms with E-state index in [-0.39, 0.29) is 11.0 Å². The molecule has 0 amide bonds. The second-order valence-electron chi connectivity index (χ2n) is 14.6. The Kier molecular flexibility index (Phi) is 22.2. The molecule has 0 aromatic heterocycles. The van der Waals surface area contributed by atoms with Gasteiger partial charge in [-0.15, -0.1) is 0 Å². The summed E-state index contributed by atoms with van der Waals surface area (Å²) in [7, 11) is -0.323. The van der Waals surface area contributed by atoms with Gasteiger partial charge in [0.25, 0.3) is 0 Å². The van der Waals surface area contributed by atoms with Crippen LogP contribution in [0.3, 0.4) is 0 Å². The number of methoxy groups -OCH3 is 1. The van der Waals surface area contributed by atoms with E-state index < -0.39 is 45.1 Å². The molecule has 0 heterocycles. The third-order valence-corrected chi connectivity index (χ3v) is 48.5. The van der Waals surface area contributed by atoms with E-state index in [9.17, 15) is 4.79 Å². The summed E-state index contributed by atoms with van der Waals surface area (Å²) in [6, 6.07) is 0. The van der Waals surface area contributed by atoms with E-state index in [2.05, 4.69) is 75.4 Å². The van der Waals surface area contributed by atoms with E-state index in [0.717, 1.165) is 6.61 Å². The fourth-order valence-electron chi connectivity index (χ4n) is 6.39. The number of carbonyl (C=O) groups is 1. The van der Waals surface area contributed by atoms with Crippen LogP contribution in [0.2, 0.25) is 44.8 Å². The quantitative estimate of drug-likeness (QED) is 0.0554. The van der Waals surface area contributed by atoms with Crippen molar-refractivity contribution < 1.29 is 14.0 Å². The van der Waals surface area contributed by atoms with Gasteiger partial charge in [0.05, 0.1) is 0 Å². The Morgan fingerprint density at radius 2 is 0.927 bits per heavy atom. The predicted molar refractivity (Wildman–Crippen MR) is 192 cm³/mol. The first-order chi connectivity index (χ1) is 19.3. The molecule has 0 aromatic rings. The average molecular weight is 808 g/mol. The third-order valence-electron chi connectivity index (χ3n) is 10.3. The zero-order chi connectivity index (χ0) is 31.6. The van der Waals surface area contributed by atoms with E-state index in [4.69, 9.17) is 9.16 Å². The first-order valence-corrected chi connectivity index (χ1v) is 35.6. The first-order valence-electron chi connectivity index (χ1n) is 17.8. The Hall–Kier alpha value is 0.984. The van der Waals surface area contributed by atoms with Gasteiger partial charge >= 0.3 is 270 Å². The maximum absolute atomic E-state index is 14.4. The second kappa shape index (κ2) is 21.7. The van der Waals surface area contributed by atoms with Crippen molar-refractivity contribution in [2.45, 2.75) is 184 Å². The van der Waals surface area contributed by atoms with Crippen LogP contribution in [0.5, 0.6) is 0 Å². The van der Waals surface area contributed by atoms with Gasteiger partial charge in [0.1, 0.15) is 0 Å². The van der Waals surface area contributed by atoms with Crippen molar-refractivity contribution in [2.75, 3.05) is 13.7 Å². The summed E-state index contributed by atoms with van der Waals surface area (Å²) in [5, 5.41) is 0.158. The molecule has 0 saturated heterocycles. The summed E-state index contributed by atoms with van der Waals surface area (Å²) in [5.74, 6) is 0.0727. The van der Waals surface area contributed by atoms with Crippen LogP contribution in [0.4, 0.5) is 0 Å². The Balaban J connectivity index is 7.92. The van der Waals surface area contributed by atoms with Gasteiger partial charge < -0.3 is 0 Å². The number of hydrogen-bond acceptors (Lipinski definition) is 3. The fourth-order valence-corrected chi connectivity index (χ4v) is 51.0. The zero-order valence-corrected chi connectivity index (χ0v) is 36.9. The van der Waals surface area contributed by atoms with Crippen LogP contribution in [0.1, 0.15) is 139 Å². The molecule has 41 heavy (non-hydrogen) atoms. The minimum atomic E-state index is -3.15. The Morgan fingerprint density at radius 3 is 1.20 bits per heavy atom. The Morgan fingerprint density at radius 1 is 0.610 bits per heavy atom. The third kappa shape index (κ3) is 13.5. The Labute approximate surface area is 268 Å². The molecule has 6 heteroatoms. The van der Waals surface area contributed by atoms with E-state index in [1.807, 2.05) is 0 Å². The number of rotatable bonds is 24. The maximum atomic E-state index is 14.4. The minimum absolute atomic E-state index is 0.0727. The van der Waals surface area contributed by atoms with Gasteiger partial charge in [0.15, 0.2) is 0 Å². The standard InChI is InChI=1S/C11H20O3Si.6C4H9.2Sn/c1-11(2,3)15(5,6)14-9-7-8-10(12)13-4;6*1-3-4-2;;/h9H2,1-6H3;6*1,3-4H2,2H3;;. The molecule has 3 nitrogen and oxygen atoms in total. The number of hydrogen-bond donors (Lipinski definition) is 0. The van der Waals surface area contributed by atoms with Crippen LogP contribution in [0.25, 0.3) is 0 Å². The summed E-state index contributed by atoms with van der Waals surface area (Å²) < 4.78 is 24.2. The summed E-state index contributed by atoms with van der Waals surface area (Å²) >= 11 is -6.17. The molecule has 244 valence electrons. The van der Waals surface area contributed by atoms with Gasteiger partial charge in [0, 0.05) is 0 Å². The molecule has 0 N–H and O–H groups in total. The molecule has 0 fully saturated rings. The van der Waals surface area contributed by atoms with Crippen molar-refractivity contribution in [3.8, 4) is 0 Å². The van der Waals surface area contributed by atoms with Crippen LogP contribution < -0.4 is 0 Å². The molecule has 0 aromatic carbocycles. The number of esters is 1. The predicted octanol–water partition coefficient (Wildman–Crippen LogP) is 12.3. The van der Waals surface area contributed by atoms with E-state index >= 15 is 0 Å². The summed E-state index contributed by atoms with van der Waals surface area (Å²) in [5.41, 5.74) is 0. The normalized spacial score (nSPS) is 13.9. The van der Waals surface area contributed by atoms with Gasteiger partial charge in [-0.2, -0.15) is 0 Å². The van der Waals surface area contributed by atoms with Gasteiger partial charge in [-0.1, -0.05) is 0 Å². The molecule has 0 atom stereocenters. The molecule has 0 radical (unpaired) electrons. The van der Waals surface area contributed by atoms with Gasteiger partial charge in [-0.3, -0.25) is 0 Å². The van der Waals surface area contributed by atoms with Gasteiger partial charge in [-0.05, 0) is 0 Å². The molecule has 0 aliphatic rings. The number of unbranched alkanes of at least 4 members (excludes halogenated alkanes) is 6. The monoisotopic (exact) mass is 810 g/mol. The SMILES string of the molecule is CCC[CH2][Sn]([CH2]CCC)([CH2]CCC)/[C](CO[Si](C)(C)C(C)(C)C)=[C](/C(=O)OC)[Sn]([CH2]CCC)([CH2]CCC)[CH2]CCC. The molecule has 0 rings (SSSR count). The van der Waals surface area contributed by atoms with Gasteiger partial charge in [0.2, 0.25) is 0 Å². The first kappa shape index (κ1) is 42.0. The summed E-state index contributed by atoms with van der Waals surface area (Å²) in [4.78, 5) is 14.4. The molecule has 0 unspecified atom stereocenters. The molecular weight excluding hydrogens is 734 g/mol. The van der Waals surface area contributed by atoms with E-state index in [0.29, 0.717) is 0 Å². The molecule has 0 aliphatic heterocycles. The average Bonchev–Trinajstić information content (AvgIpc) is 2.94. The number of ether oxygens (including phenoxy) is 1. The molecule has 0 aliphatic carbocycles. The number of carbonyl (C=O) groups excluding carboxylic acids is 1. The Bertz CT molecular complexity index is 699. The van der Waals surface area contributed by atoms with Crippen molar-refractivity contribution in [2.24, 2.45) is 0 Å². The topological polar surface area (TPSA) is 35.5 Å². The van der Waals surface area contributed by atoms with Crippen LogP contribution >= 0.6 is 0 Å². The fraction of sp³-hybridized carbons (Fsp3) is 0.914. The van der Waals surface area contributed by atoms with Crippen LogP contribution in [0, 0.1) is 0 Å². The van der Waals surface area contributed by atoms with E-state index in [1.54, 1.807) is 10.7 Å². The van der Waals surface area contributed by atoms with Crippen molar-refractivity contribution >= 4 is 51.0 Å². The summed E-state index contributed by atoms with van der Waals surface area (Å²) in [6.07, 6.45) is 15.1. The summed E-state index contributed by atoms with van der Waals surface area (Å²) in [6.45, 7) is 26.7. The van der Waals surface area contributed by atoms with Crippen LogP contribution in [-0.4, -0.2) is 64.8 Å². The van der Waals surface area contributed by atoms with Crippen LogP contribution in [0.15, 0.2) is 7.18 Å². The van der Waals surface area contributed by atoms with Crippen molar-refractivity contribution in [3.05, 3.63) is 7.18 Å².